The van der Waals surface area contributed by atoms with E-state index >= 15 is 0 Å². The number of likely N-dealkylation sites (tertiary alicyclic amines) is 1. The molecule has 5 heteroatoms. The van der Waals surface area contributed by atoms with E-state index in [0.29, 0.717) is 16.6 Å². The highest BCUT2D eigenvalue weighted by Crippen LogP contribution is 2.37. The maximum absolute atomic E-state index is 13.5. The molecule has 29 heavy (non-hydrogen) atoms. The van der Waals surface area contributed by atoms with Crippen molar-refractivity contribution < 1.29 is 4.79 Å². The van der Waals surface area contributed by atoms with Gasteiger partial charge in [-0.15, -0.1) is 11.8 Å². The summed E-state index contributed by atoms with van der Waals surface area (Å²) in [6, 6.07) is 14.4. The van der Waals surface area contributed by atoms with Crippen LogP contribution in [-0.4, -0.2) is 35.2 Å². The van der Waals surface area contributed by atoms with Gasteiger partial charge in [-0.25, -0.2) is 0 Å². The number of nitrogens with one attached hydrogen (secondary N) is 1. The topological polar surface area (TPSA) is 32.3 Å². The van der Waals surface area contributed by atoms with Crippen molar-refractivity contribution in [2.24, 2.45) is 0 Å². The Hall–Kier alpha value is -1.49. The Labute approximate surface area is 184 Å². The molecule has 0 bridgehead atoms. The minimum Gasteiger partial charge on any atom is -0.343 e. The fraction of sp³-hybridized carbons (Fsp3) is 0.458. The third-order valence-corrected chi connectivity index (χ3v) is 7.10. The van der Waals surface area contributed by atoms with Gasteiger partial charge in [-0.05, 0) is 76.6 Å². The van der Waals surface area contributed by atoms with Crippen LogP contribution in [0.5, 0.6) is 0 Å². The minimum atomic E-state index is -0.215. The standard InChI is InChI=1S/C24H31ClN2OS/c1-16-14-19(25)15-20(29-5)21(16)23(28)26-22(18-11-7-6-8-12-18)24(3,4)27-13-9-10-17(27)2/h6-8,11-12,14-15,17,22H,9-10,13H2,1-5H3,(H,26,28). The van der Waals surface area contributed by atoms with E-state index in [1.54, 1.807) is 11.8 Å². The normalized spacial score (nSPS) is 18.6. The predicted octanol–water partition coefficient (Wildman–Crippen LogP) is 6.10. The van der Waals surface area contributed by atoms with E-state index in [-0.39, 0.29) is 17.5 Å². The number of halogens is 1. The summed E-state index contributed by atoms with van der Waals surface area (Å²) in [6.07, 6.45) is 4.38. The maximum atomic E-state index is 13.5. The van der Waals surface area contributed by atoms with E-state index in [2.05, 4.69) is 43.1 Å². The molecule has 0 aliphatic carbocycles. The second-order valence-electron chi connectivity index (χ2n) is 8.46. The number of amides is 1. The maximum Gasteiger partial charge on any atom is 0.253 e. The molecule has 1 aliphatic heterocycles. The van der Waals surface area contributed by atoms with Gasteiger partial charge in [0.05, 0.1) is 11.6 Å². The molecule has 2 aromatic rings. The van der Waals surface area contributed by atoms with Crippen molar-refractivity contribution in [3.8, 4) is 0 Å². The van der Waals surface area contributed by atoms with Crippen molar-refractivity contribution in [1.29, 1.82) is 0 Å². The third-order valence-electron chi connectivity index (χ3n) is 6.12. The van der Waals surface area contributed by atoms with Crippen LogP contribution in [-0.2, 0) is 0 Å². The molecule has 0 radical (unpaired) electrons. The average Bonchev–Trinajstić information content (AvgIpc) is 3.12. The highest BCUT2D eigenvalue weighted by atomic mass is 35.5. The monoisotopic (exact) mass is 430 g/mol. The second-order valence-corrected chi connectivity index (χ2v) is 9.74. The summed E-state index contributed by atoms with van der Waals surface area (Å²) >= 11 is 7.78. The summed E-state index contributed by atoms with van der Waals surface area (Å²) in [5, 5.41) is 4.05. The summed E-state index contributed by atoms with van der Waals surface area (Å²) in [4.78, 5) is 16.9. The summed E-state index contributed by atoms with van der Waals surface area (Å²) in [6.45, 7) is 9.79. The first-order valence-corrected chi connectivity index (χ1v) is 11.8. The first kappa shape index (κ1) is 22.2. The van der Waals surface area contributed by atoms with Crippen molar-refractivity contribution in [3.05, 3.63) is 64.2 Å². The summed E-state index contributed by atoms with van der Waals surface area (Å²) in [5.41, 5.74) is 2.53. The Morgan fingerprint density at radius 1 is 1.28 bits per heavy atom. The zero-order chi connectivity index (χ0) is 21.2. The van der Waals surface area contributed by atoms with E-state index in [1.165, 1.54) is 12.8 Å². The fourth-order valence-corrected chi connectivity index (χ4v) is 5.68. The number of benzene rings is 2. The molecular weight excluding hydrogens is 400 g/mol. The van der Waals surface area contributed by atoms with E-state index in [4.69, 9.17) is 11.6 Å². The van der Waals surface area contributed by atoms with Crippen LogP contribution in [0.1, 0.15) is 61.1 Å². The van der Waals surface area contributed by atoms with Gasteiger partial charge in [0.2, 0.25) is 0 Å². The number of nitrogens with zero attached hydrogens (tertiary/aromatic N) is 1. The Kier molecular flexibility index (Phi) is 6.98. The quantitative estimate of drug-likeness (QED) is 0.561. The molecule has 3 nitrogen and oxygen atoms in total. The van der Waals surface area contributed by atoms with Gasteiger partial charge in [-0.2, -0.15) is 0 Å². The number of hydrogen-bond acceptors (Lipinski definition) is 3. The first-order valence-electron chi connectivity index (χ1n) is 10.2. The van der Waals surface area contributed by atoms with E-state index < -0.39 is 0 Å². The SMILES string of the molecule is CSc1cc(Cl)cc(C)c1C(=O)NC(c1ccccc1)C(C)(C)N1CCCC1C. The molecule has 1 fully saturated rings. The largest absolute Gasteiger partial charge is 0.343 e. The molecule has 2 atom stereocenters. The lowest BCUT2D eigenvalue weighted by Crippen LogP contribution is -2.55. The lowest BCUT2D eigenvalue weighted by molar-refractivity contribution is 0.0630. The lowest BCUT2D eigenvalue weighted by atomic mass is 9.86. The second kappa shape index (κ2) is 9.11. The minimum absolute atomic E-state index is 0.0442. The number of hydrogen-bond donors (Lipinski definition) is 1. The van der Waals surface area contributed by atoms with Crippen LogP contribution in [0.15, 0.2) is 47.4 Å². The van der Waals surface area contributed by atoms with Gasteiger partial charge in [-0.1, -0.05) is 41.9 Å². The van der Waals surface area contributed by atoms with Gasteiger partial charge >= 0.3 is 0 Å². The molecule has 1 amide bonds. The molecule has 156 valence electrons. The van der Waals surface area contributed by atoms with Gasteiger partial charge in [-0.3, -0.25) is 9.69 Å². The predicted molar refractivity (Wildman–Crippen MR) is 124 cm³/mol. The molecular formula is C24H31ClN2OS. The highest BCUT2D eigenvalue weighted by molar-refractivity contribution is 7.98. The highest BCUT2D eigenvalue weighted by Gasteiger charge is 2.41. The van der Waals surface area contributed by atoms with Gasteiger partial charge in [0, 0.05) is 21.5 Å². The van der Waals surface area contributed by atoms with E-state index in [0.717, 1.165) is 22.6 Å². The molecule has 0 spiro atoms. The van der Waals surface area contributed by atoms with Crippen LogP contribution < -0.4 is 5.32 Å². The average molecular weight is 431 g/mol. The number of rotatable bonds is 6. The van der Waals surface area contributed by atoms with Gasteiger partial charge in [0.25, 0.3) is 5.91 Å². The van der Waals surface area contributed by atoms with Crippen molar-refractivity contribution in [2.75, 3.05) is 12.8 Å². The Balaban J connectivity index is 2.00. The number of carbonyl (C=O) groups is 1. The van der Waals surface area contributed by atoms with Crippen molar-refractivity contribution in [3.63, 3.8) is 0 Å². The molecule has 0 aromatic heterocycles. The molecule has 1 N–H and O–H groups in total. The van der Waals surface area contributed by atoms with Crippen LogP contribution in [0.25, 0.3) is 0 Å². The summed E-state index contributed by atoms with van der Waals surface area (Å²) in [7, 11) is 0. The van der Waals surface area contributed by atoms with Crippen molar-refractivity contribution >= 4 is 29.3 Å². The summed E-state index contributed by atoms with van der Waals surface area (Å²) in [5.74, 6) is -0.0442. The molecule has 1 aliphatic rings. The number of thioether (sulfide) groups is 1. The van der Waals surface area contributed by atoms with Gasteiger partial charge < -0.3 is 5.32 Å². The fourth-order valence-electron chi connectivity index (χ4n) is 4.64. The van der Waals surface area contributed by atoms with Crippen LogP contribution in [0.2, 0.25) is 5.02 Å². The van der Waals surface area contributed by atoms with Gasteiger partial charge in [0.1, 0.15) is 0 Å². The van der Waals surface area contributed by atoms with E-state index in [1.807, 2.05) is 43.5 Å². The smallest absolute Gasteiger partial charge is 0.253 e. The number of carbonyl (C=O) groups excluding carboxylic acids is 1. The Bertz CT molecular complexity index is 869. The molecule has 1 saturated heterocycles. The van der Waals surface area contributed by atoms with Crippen LogP contribution in [0.4, 0.5) is 0 Å². The van der Waals surface area contributed by atoms with Crippen LogP contribution >= 0.6 is 23.4 Å². The molecule has 2 unspecified atom stereocenters. The molecule has 0 saturated carbocycles. The van der Waals surface area contributed by atoms with E-state index in [9.17, 15) is 4.79 Å². The van der Waals surface area contributed by atoms with Crippen LogP contribution in [0, 0.1) is 6.92 Å². The Morgan fingerprint density at radius 2 is 1.97 bits per heavy atom. The molecule has 3 rings (SSSR count). The molecule has 1 heterocycles. The van der Waals surface area contributed by atoms with Crippen molar-refractivity contribution in [2.45, 2.75) is 63.1 Å². The zero-order valence-corrected chi connectivity index (χ0v) is 19.5. The number of aryl methyl sites for hydroxylation is 1. The summed E-state index contributed by atoms with van der Waals surface area (Å²) < 4.78 is 0. The molecule has 2 aromatic carbocycles. The lowest BCUT2D eigenvalue weighted by Gasteiger charge is -2.45. The first-order chi connectivity index (χ1) is 13.8. The van der Waals surface area contributed by atoms with Crippen LogP contribution in [0.3, 0.4) is 0 Å². The van der Waals surface area contributed by atoms with Gasteiger partial charge in [0.15, 0.2) is 0 Å². The van der Waals surface area contributed by atoms with Crippen molar-refractivity contribution in [1.82, 2.24) is 10.2 Å². The Morgan fingerprint density at radius 3 is 2.55 bits per heavy atom. The third kappa shape index (κ3) is 4.65. The zero-order valence-electron chi connectivity index (χ0n) is 18.0.